The Morgan fingerprint density at radius 2 is 2.05 bits per heavy atom. The molecule has 100 valence electrons. The molecule has 4 nitrogen and oxygen atoms in total. The molecule has 0 aliphatic heterocycles. The minimum Gasteiger partial charge on any atom is -0.397 e. The van der Waals surface area contributed by atoms with E-state index in [1.54, 1.807) is 0 Å². The summed E-state index contributed by atoms with van der Waals surface area (Å²) in [6, 6.07) is 13.8. The number of nitrogen functional groups attached to an aromatic ring is 1. The Kier molecular flexibility index (Phi) is 3.21. The van der Waals surface area contributed by atoms with Crippen LogP contribution in [0, 0.1) is 0 Å². The third-order valence-electron chi connectivity index (χ3n) is 3.09. The number of aromatic amines is 1. The fraction of sp³-hybridized carbons (Fsp3) is 0.125. The van der Waals surface area contributed by atoms with Gasteiger partial charge in [0.25, 0.3) is 0 Å². The maximum absolute atomic E-state index is 6.01. The van der Waals surface area contributed by atoms with Crippen LogP contribution < -0.4 is 5.73 Å². The second-order valence-electron chi connectivity index (χ2n) is 4.60. The van der Waals surface area contributed by atoms with E-state index in [9.17, 15) is 0 Å². The number of aliphatic imine (C=N–C) groups is 1. The summed E-state index contributed by atoms with van der Waals surface area (Å²) in [6.45, 7) is 2.04. The maximum atomic E-state index is 6.01. The molecular weight excluding hydrogens is 248 g/mol. The summed E-state index contributed by atoms with van der Waals surface area (Å²) >= 11 is 0. The third kappa shape index (κ3) is 2.28. The molecular formula is C16H16N4. The lowest BCUT2D eigenvalue weighted by atomic mass is 10.2. The highest BCUT2D eigenvalue weighted by atomic mass is 14.9. The quantitative estimate of drug-likeness (QED) is 0.556. The molecule has 0 amide bonds. The van der Waals surface area contributed by atoms with E-state index in [0.717, 1.165) is 34.5 Å². The molecule has 1 heterocycles. The van der Waals surface area contributed by atoms with Crippen LogP contribution in [0.2, 0.25) is 0 Å². The van der Waals surface area contributed by atoms with Crippen LogP contribution in [0.3, 0.4) is 0 Å². The van der Waals surface area contributed by atoms with Crippen LogP contribution in [0.5, 0.6) is 0 Å². The van der Waals surface area contributed by atoms with Gasteiger partial charge >= 0.3 is 0 Å². The van der Waals surface area contributed by atoms with Gasteiger partial charge in [0.05, 0.1) is 22.4 Å². The molecule has 0 aliphatic carbocycles. The van der Waals surface area contributed by atoms with Crippen LogP contribution in [0.4, 0.5) is 11.4 Å². The zero-order valence-corrected chi connectivity index (χ0v) is 11.3. The van der Waals surface area contributed by atoms with Crippen molar-refractivity contribution in [1.82, 2.24) is 9.97 Å². The minimum absolute atomic E-state index is 0.658. The van der Waals surface area contributed by atoms with Crippen LogP contribution in [0.1, 0.15) is 13.3 Å². The molecule has 0 saturated heterocycles. The zero-order valence-electron chi connectivity index (χ0n) is 11.3. The lowest BCUT2D eigenvalue weighted by Gasteiger charge is -1.99. The molecule has 0 saturated carbocycles. The van der Waals surface area contributed by atoms with E-state index in [2.05, 4.69) is 15.0 Å². The van der Waals surface area contributed by atoms with Crippen molar-refractivity contribution in [3.8, 4) is 11.4 Å². The van der Waals surface area contributed by atoms with Crippen molar-refractivity contribution in [2.24, 2.45) is 4.99 Å². The van der Waals surface area contributed by atoms with Gasteiger partial charge in [-0.3, -0.25) is 4.99 Å². The predicted molar refractivity (Wildman–Crippen MR) is 84.4 cm³/mol. The largest absolute Gasteiger partial charge is 0.397 e. The maximum Gasteiger partial charge on any atom is 0.138 e. The molecule has 0 aliphatic rings. The van der Waals surface area contributed by atoms with Crippen LogP contribution >= 0.6 is 0 Å². The Bertz CT molecular complexity index is 757. The van der Waals surface area contributed by atoms with Gasteiger partial charge in [-0.15, -0.1) is 0 Å². The van der Waals surface area contributed by atoms with E-state index in [1.807, 2.05) is 55.6 Å². The minimum atomic E-state index is 0.658. The third-order valence-corrected chi connectivity index (χ3v) is 3.09. The van der Waals surface area contributed by atoms with Crippen LogP contribution in [-0.4, -0.2) is 16.2 Å². The highest BCUT2D eigenvalue weighted by molar-refractivity contribution is 5.88. The number of H-pyrrole nitrogens is 1. The summed E-state index contributed by atoms with van der Waals surface area (Å²) in [5, 5.41) is 0. The van der Waals surface area contributed by atoms with Crippen molar-refractivity contribution < 1.29 is 0 Å². The van der Waals surface area contributed by atoms with Crippen molar-refractivity contribution >= 4 is 28.6 Å². The standard InChI is InChI=1S/C16H16N4/c1-2-8-18-13-10-15-14(9-12(13)17)19-16(20-15)11-6-4-3-5-7-11/h3-10H,2,17H2,1H3,(H,19,20). The number of hydrogen-bond acceptors (Lipinski definition) is 3. The number of nitrogens with one attached hydrogen (secondary N) is 1. The van der Waals surface area contributed by atoms with E-state index >= 15 is 0 Å². The molecule has 3 N–H and O–H groups in total. The molecule has 1 aromatic heterocycles. The lowest BCUT2D eigenvalue weighted by Crippen LogP contribution is -1.86. The average molecular weight is 264 g/mol. The Labute approximate surface area is 117 Å². The molecule has 3 rings (SSSR count). The first kappa shape index (κ1) is 12.4. The monoisotopic (exact) mass is 264 g/mol. The second kappa shape index (κ2) is 5.17. The van der Waals surface area contributed by atoms with Crippen molar-refractivity contribution in [3.05, 3.63) is 42.5 Å². The SMILES string of the molecule is CCC=Nc1cc2nc(-c3ccccc3)[nH]c2cc1N. The van der Waals surface area contributed by atoms with Gasteiger partial charge < -0.3 is 10.7 Å². The Hall–Kier alpha value is -2.62. The number of nitrogens with zero attached hydrogens (tertiary/aromatic N) is 2. The van der Waals surface area contributed by atoms with Crippen molar-refractivity contribution in [2.75, 3.05) is 5.73 Å². The van der Waals surface area contributed by atoms with Crippen LogP contribution in [0.15, 0.2) is 47.5 Å². The van der Waals surface area contributed by atoms with Gasteiger partial charge in [-0.1, -0.05) is 37.3 Å². The van der Waals surface area contributed by atoms with Gasteiger partial charge in [-0.25, -0.2) is 4.98 Å². The molecule has 0 bridgehead atoms. The summed E-state index contributed by atoms with van der Waals surface area (Å²) in [5.41, 5.74) is 10.3. The zero-order chi connectivity index (χ0) is 13.9. The number of imidazole rings is 1. The first-order chi connectivity index (χ1) is 9.78. The predicted octanol–water partition coefficient (Wildman–Crippen LogP) is 3.92. The summed E-state index contributed by atoms with van der Waals surface area (Å²) in [4.78, 5) is 12.3. The first-order valence-corrected chi connectivity index (χ1v) is 6.65. The molecule has 2 aromatic carbocycles. The van der Waals surface area contributed by atoms with Crippen molar-refractivity contribution in [3.63, 3.8) is 0 Å². The lowest BCUT2D eigenvalue weighted by molar-refractivity contribution is 1.31. The van der Waals surface area contributed by atoms with Gasteiger partial charge in [0.15, 0.2) is 0 Å². The molecule has 0 radical (unpaired) electrons. The van der Waals surface area contributed by atoms with Crippen LogP contribution in [0.25, 0.3) is 22.4 Å². The first-order valence-electron chi connectivity index (χ1n) is 6.65. The number of anilines is 1. The van der Waals surface area contributed by atoms with Gasteiger partial charge in [0.1, 0.15) is 5.82 Å². The molecule has 0 unspecified atom stereocenters. The number of hydrogen-bond donors (Lipinski definition) is 2. The topological polar surface area (TPSA) is 67.1 Å². The normalized spacial score (nSPS) is 11.4. The molecule has 3 aromatic rings. The van der Waals surface area contributed by atoms with Crippen molar-refractivity contribution in [2.45, 2.75) is 13.3 Å². The van der Waals surface area contributed by atoms with E-state index < -0.39 is 0 Å². The molecule has 0 atom stereocenters. The van der Waals surface area contributed by atoms with Crippen LogP contribution in [-0.2, 0) is 0 Å². The second-order valence-corrected chi connectivity index (χ2v) is 4.60. The summed E-state index contributed by atoms with van der Waals surface area (Å²) < 4.78 is 0. The Morgan fingerprint density at radius 1 is 1.25 bits per heavy atom. The Balaban J connectivity index is 2.10. The van der Waals surface area contributed by atoms with E-state index in [1.165, 1.54) is 0 Å². The van der Waals surface area contributed by atoms with Crippen molar-refractivity contribution in [1.29, 1.82) is 0 Å². The number of nitrogens with two attached hydrogens (primary N) is 1. The number of fused-ring (bicyclic) bond motifs is 1. The van der Waals surface area contributed by atoms with E-state index in [0.29, 0.717) is 5.69 Å². The number of aromatic nitrogens is 2. The van der Waals surface area contributed by atoms with Gasteiger partial charge in [0.2, 0.25) is 0 Å². The van der Waals surface area contributed by atoms with E-state index in [4.69, 9.17) is 5.73 Å². The molecule has 20 heavy (non-hydrogen) atoms. The van der Waals surface area contributed by atoms with Gasteiger partial charge in [-0.2, -0.15) is 0 Å². The highest BCUT2D eigenvalue weighted by Crippen LogP contribution is 2.29. The summed E-state index contributed by atoms with van der Waals surface area (Å²) in [7, 11) is 0. The Morgan fingerprint density at radius 3 is 2.80 bits per heavy atom. The number of rotatable bonds is 3. The molecule has 0 fully saturated rings. The molecule has 0 spiro atoms. The fourth-order valence-corrected chi connectivity index (χ4v) is 2.10. The van der Waals surface area contributed by atoms with Gasteiger partial charge in [0, 0.05) is 11.8 Å². The van der Waals surface area contributed by atoms with E-state index in [-0.39, 0.29) is 0 Å². The smallest absolute Gasteiger partial charge is 0.138 e. The fourth-order valence-electron chi connectivity index (χ4n) is 2.10. The average Bonchev–Trinajstić information content (AvgIpc) is 2.88. The number of benzene rings is 2. The van der Waals surface area contributed by atoms with Gasteiger partial charge in [-0.05, 0) is 18.6 Å². The molecule has 4 heteroatoms. The summed E-state index contributed by atoms with van der Waals surface area (Å²) in [5.74, 6) is 0.844. The summed E-state index contributed by atoms with van der Waals surface area (Å²) in [6.07, 6.45) is 2.73. The highest BCUT2D eigenvalue weighted by Gasteiger charge is 2.07.